The van der Waals surface area contributed by atoms with Crippen LogP contribution in [-0.4, -0.2) is 36.0 Å². The number of nitrogens with two attached hydrogens (primary N) is 1. The number of benzene rings is 1. The minimum atomic E-state index is -0.561. The molecule has 9 nitrogen and oxygen atoms in total. The first-order chi connectivity index (χ1) is 15.1. The first kappa shape index (κ1) is 20.1. The van der Waals surface area contributed by atoms with Gasteiger partial charge in [-0.25, -0.2) is 0 Å². The number of methoxy groups -OCH3 is 2. The van der Waals surface area contributed by atoms with E-state index in [1.165, 1.54) is 0 Å². The monoisotopic (exact) mass is 419 g/mol. The number of aromatic amines is 1. The summed E-state index contributed by atoms with van der Waals surface area (Å²) in [6, 6.07) is 9.49. The largest absolute Gasteiger partial charge is 0.493 e. The molecule has 31 heavy (non-hydrogen) atoms. The molecule has 1 aliphatic rings. The fraction of sp³-hybridized carbons (Fsp3) is 0.227. The Bertz CT molecular complexity index is 1160. The summed E-state index contributed by atoms with van der Waals surface area (Å²) in [6.07, 6.45) is 3.36. The molecule has 1 aromatic carbocycles. The Kier molecular flexibility index (Phi) is 5.37. The van der Waals surface area contributed by atoms with E-state index in [0.29, 0.717) is 41.0 Å². The molecule has 0 saturated carbocycles. The van der Waals surface area contributed by atoms with E-state index in [2.05, 4.69) is 21.3 Å². The van der Waals surface area contributed by atoms with Crippen LogP contribution in [0.15, 0.2) is 48.1 Å². The highest BCUT2D eigenvalue weighted by Gasteiger charge is 2.36. The van der Waals surface area contributed by atoms with Crippen molar-refractivity contribution in [1.82, 2.24) is 15.2 Å². The van der Waals surface area contributed by atoms with Crippen LogP contribution in [0.1, 0.15) is 24.0 Å². The molecule has 1 atom stereocenters. The number of allylic oxidation sites excluding steroid dienone is 1. The second-order valence-electron chi connectivity index (χ2n) is 6.67. The van der Waals surface area contributed by atoms with Crippen LogP contribution < -0.4 is 24.7 Å². The number of ether oxygens (including phenoxy) is 4. The van der Waals surface area contributed by atoms with Gasteiger partial charge in [-0.05, 0) is 36.8 Å². The average molecular weight is 419 g/mol. The Morgan fingerprint density at radius 2 is 1.87 bits per heavy atom. The quantitative estimate of drug-likeness (QED) is 0.624. The summed E-state index contributed by atoms with van der Waals surface area (Å²) in [5.41, 5.74) is 9.30. The van der Waals surface area contributed by atoms with Crippen molar-refractivity contribution in [3.05, 3.63) is 59.2 Å². The Balaban J connectivity index is 1.97. The van der Waals surface area contributed by atoms with Crippen molar-refractivity contribution >= 4 is 0 Å². The number of hydrogen-bond donors (Lipinski definition) is 2. The first-order valence-electron chi connectivity index (χ1n) is 9.57. The normalized spacial score (nSPS) is 15.0. The van der Waals surface area contributed by atoms with E-state index < -0.39 is 5.92 Å². The highest BCUT2D eigenvalue weighted by molar-refractivity contribution is 5.71. The van der Waals surface area contributed by atoms with Crippen molar-refractivity contribution < 1.29 is 18.9 Å². The van der Waals surface area contributed by atoms with Gasteiger partial charge in [-0.2, -0.15) is 5.26 Å². The maximum atomic E-state index is 9.91. The summed E-state index contributed by atoms with van der Waals surface area (Å²) >= 11 is 0. The van der Waals surface area contributed by atoms with E-state index in [0.717, 1.165) is 11.1 Å². The smallest absolute Gasteiger partial charge is 0.244 e. The van der Waals surface area contributed by atoms with Gasteiger partial charge in [-0.1, -0.05) is 0 Å². The fourth-order valence-corrected chi connectivity index (χ4v) is 3.67. The number of nitriles is 1. The van der Waals surface area contributed by atoms with E-state index in [1.54, 1.807) is 38.7 Å². The van der Waals surface area contributed by atoms with Gasteiger partial charge in [0.05, 0.1) is 38.0 Å². The highest BCUT2D eigenvalue weighted by Crippen LogP contribution is 2.49. The van der Waals surface area contributed by atoms with Gasteiger partial charge in [0.1, 0.15) is 11.6 Å². The van der Waals surface area contributed by atoms with Gasteiger partial charge < -0.3 is 24.7 Å². The number of fused-ring (bicyclic) bond motifs is 1. The van der Waals surface area contributed by atoms with Crippen LogP contribution in [0.5, 0.6) is 23.1 Å². The van der Waals surface area contributed by atoms with Crippen LogP contribution in [-0.2, 0) is 0 Å². The van der Waals surface area contributed by atoms with Crippen LogP contribution >= 0.6 is 0 Å². The molecule has 0 spiro atoms. The molecule has 2 aromatic heterocycles. The Morgan fingerprint density at radius 1 is 1.19 bits per heavy atom. The summed E-state index contributed by atoms with van der Waals surface area (Å²) in [7, 11) is 3.10. The summed E-state index contributed by atoms with van der Waals surface area (Å²) in [5, 5.41) is 17.2. The van der Waals surface area contributed by atoms with Crippen molar-refractivity contribution in [3.63, 3.8) is 0 Å². The number of aromatic nitrogens is 3. The zero-order chi connectivity index (χ0) is 22.0. The molecular weight excluding hydrogens is 398 g/mol. The second-order valence-corrected chi connectivity index (χ2v) is 6.67. The lowest BCUT2D eigenvalue weighted by Gasteiger charge is -2.25. The molecule has 3 aromatic rings. The Labute approximate surface area is 179 Å². The standard InChI is InChI=1S/C22H21N5O4/c1-4-30-20-15(28-2)9-13(10-16(20)29-3)17-14(11-23)21(24)31-22-18(17)19(26-27-22)12-5-7-25-8-6-12/h5-10,17H,4,24H2,1-3H3,(H,26,27)/t17-/m1/s1. The molecular formula is C22H21N5O4. The molecule has 0 unspecified atom stereocenters. The number of hydrogen-bond acceptors (Lipinski definition) is 8. The van der Waals surface area contributed by atoms with Gasteiger partial charge in [-0.15, -0.1) is 5.10 Å². The molecule has 0 saturated heterocycles. The van der Waals surface area contributed by atoms with Gasteiger partial charge in [0.2, 0.25) is 17.5 Å². The second kappa shape index (κ2) is 8.28. The molecule has 3 heterocycles. The number of pyridine rings is 1. The van der Waals surface area contributed by atoms with Crippen molar-refractivity contribution in [3.8, 4) is 40.5 Å². The third-order valence-electron chi connectivity index (χ3n) is 5.01. The van der Waals surface area contributed by atoms with Gasteiger partial charge in [-0.3, -0.25) is 10.1 Å². The molecule has 0 fully saturated rings. The van der Waals surface area contributed by atoms with Crippen molar-refractivity contribution in [2.45, 2.75) is 12.8 Å². The maximum Gasteiger partial charge on any atom is 0.244 e. The lowest BCUT2D eigenvalue weighted by molar-refractivity contribution is 0.287. The highest BCUT2D eigenvalue weighted by atomic mass is 16.5. The predicted octanol–water partition coefficient (Wildman–Crippen LogP) is 3.11. The van der Waals surface area contributed by atoms with Gasteiger partial charge >= 0.3 is 0 Å². The van der Waals surface area contributed by atoms with E-state index in [9.17, 15) is 5.26 Å². The third-order valence-corrected chi connectivity index (χ3v) is 5.01. The van der Waals surface area contributed by atoms with Crippen LogP contribution in [0.3, 0.4) is 0 Å². The minimum Gasteiger partial charge on any atom is -0.493 e. The number of H-pyrrole nitrogens is 1. The SMILES string of the molecule is CCOc1c(OC)cc([C@@H]2C(C#N)=C(N)Oc3n[nH]c(-c4ccncc4)c32)cc1OC. The lowest BCUT2D eigenvalue weighted by atomic mass is 9.83. The Morgan fingerprint density at radius 3 is 2.45 bits per heavy atom. The van der Waals surface area contributed by atoms with Crippen LogP contribution in [0.25, 0.3) is 11.3 Å². The Hall–Kier alpha value is -4.19. The van der Waals surface area contributed by atoms with Gasteiger partial charge in [0.25, 0.3) is 0 Å². The van der Waals surface area contributed by atoms with Crippen molar-refractivity contribution in [2.75, 3.05) is 20.8 Å². The summed E-state index contributed by atoms with van der Waals surface area (Å²) < 4.78 is 22.5. The number of nitrogens with zero attached hydrogens (tertiary/aromatic N) is 3. The zero-order valence-electron chi connectivity index (χ0n) is 17.3. The number of rotatable bonds is 6. The van der Waals surface area contributed by atoms with Crippen LogP contribution in [0.2, 0.25) is 0 Å². The van der Waals surface area contributed by atoms with Crippen molar-refractivity contribution in [1.29, 1.82) is 5.26 Å². The fourth-order valence-electron chi connectivity index (χ4n) is 3.67. The van der Waals surface area contributed by atoms with E-state index in [-0.39, 0.29) is 11.5 Å². The molecule has 158 valence electrons. The van der Waals surface area contributed by atoms with E-state index >= 15 is 0 Å². The zero-order valence-corrected chi connectivity index (χ0v) is 17.3. The van der Waals surface area contributed by atoms with Gasteiger partial charge in [0, 0.05) is 18.0 Å². The molecule has 9 heteroatoms. The van der Waals surface area contributed by atoms with Crippen molar-refractivity contribution in [2.24, 2.45) is 5.73 Å². The molecule has 0 radical (unpaired) electrons. The summed E-state index contributed by atoms with van der Waals surface area (Å²) in [5.74, 6) is 1.19. The molecule has 3 N–H and O–H groups in total. The maximum absolute atomic E-state index is 9.91. The topological polar surface area (TPSA) is 128 Å². The molecule has 1 aliphatic heterocycles. The number of nitrogens with one attached hydrogen (secondary N) is 1. The van der Waals surface area contributed by atoms with Crippen LogP contribution in [0.4, 0.5) is 0 Å². The summed E-state index contributed by atoms with van der Waals surface area (Å²) in [6.45, 7) is 2.32. The first-order valence-corrected chi connectivity index (χ1v) is 9.57. The average Bonchev–Trinajstić information content (AvgIpc) is 3.22. The summed E-state index contributed by atoms with van der Waals surface area (Å²) in [4.78, 5) is 4.07. The van der Waals surface area contributed by atoms with Crippen LogP contribution in [0, 0.1) is 11.3 Å². The minimum absolute atomic E-state index is 0.000373. The van der Waals surface area contributed by atoms with E-state index in [1.807, 2.05) is 19.1 Å². The molecule has 4 rings (SSSR count). The van der Waals surface area contributed by atoms with Gasteiger partial charge in [0.15, 0.2) is 11.5 Å². The molecule has 0 bridgehead atoms. The predicted molar refractivity (Wildman–Crippen MR) is 112 cm³/mol. The lowest BCUT2D eigenvalue weighted by Crippen LogP contribution is -2.21. The van der Waals surface area contributed by atoms with E-state index in [4.69, 9.17) is 24.7 Å². The molecule has 0 amide bonds. The third kappa shape index (κ3) is 3.38. The molecule has 0 aliphatic carbocycles.